The van der Waals surface area contributed by atoms with Crippen LogP contribution in [-0.2, 0) is 34.1 Å². The highest BCUT2D eigenvalue weighted by molar-refractivity contribution is 7.89. The van der Waals surface area contributed by atoms with Crippen molar-refractivity contribution in [3.63, 3.8) is 0 Å². The van der Waals surface area contributed by atoms with Crippen LogP contribution in [0.25, 0.3) is 0 Å². The second-order valence-electron chi connectivity index (χ2n) is 8.97. The number of aryl methyl sites for hydroxylation is 2. The number of benzene rings is 2. The predicted molar refractivity (Wildman–Crippen MR) is 132 cm³/mol. The maximum Gasteiger partial charge on any atom is 0.243 e. The third-order valence-corrected chi connectivity index (χ3v) is 9.41. The first-order valence-electron chi connectivity index (χ1n) is 11.8. The molecular formula is C25H28N4O3S2. The van der Waals surface area contributed by atoms with Crippen LogP contribution >= 0.6 is 11.3 Å². The van der Waals surface area contributed by atoms with Gasteiger partial charge in [-0.15, -0.1) is 10.2 Å². The number of hydrogen-bond acceptors (Lipinski definition) is 6. The summed E-state index contributed by atoms with van der Waals surface area (Å²) in [5.74, 6) is -0.357. The van der Waals surface area contributed by atoms with E-state index in [0.717, 1.165) is 35.4 Å². The molecule has 1 aliphatic heterocycles. The van der Waals surface area contributed by atoms with Gasteiger partial charge in [0.15, 0.2) is 0 Å². The zero-order chi connectivity index (χ0) is 23.5. The molecule has 2 aromatic carbocycles. The molecule has 3 aromatic rings. The Hall–Kier alpha value is -2.62. The van der Waals surface area contributed by atoms with Gasteiger partial charge >= 0.3 is 0 Å². The first kappa shape index (κ1) is 23.1. The van der Waals surface area contributed by atoms with Crippen LogP contribution in [0, 0.1) is 5.92 Å². The van der Waals surface area contributed by atoms with Gasteiger partial charge in [-0.3, -0.25) is 4.79 Å². The standard InChI is InChI=1S/C25H28N4O3S2/c30-24(26-25-28-27-23(33-25)16-18-6-2-1-3-7-18)20-12-14-29(15-13-20)34(31,32)22-11-10-19-8-4-5-9-21(19)17-22/h1-3,6-7,10-11,17,20H,4-5,8-9,12-16H2,(H,26,28,30). The fourth-order valence-electron chi connectivity index (χ4n) is 4.73. The number of piperidine rings is 1. The van der Waals surface area contributed by atoms with Crippen molar-refractivity contribution in [1.82, 2.24) is 14.5 Å². The monoisotopic (exact) mass is 496 g/mol. The van der Waals surface area contributed by atoms with Crippen molar-refractivity contribution in [2.45, 2.75) is 49.8 Å². The van der Waals surface area contributed by atoms with Gasteiger partial charge in [0.25, 0.3) is 0 Å². The molecule has 1 N–H and O–H groups in total. The van der Waals surface area contributed by atoms with Crippen molar-refractivity contribution < 1.29 is 13.2 Å². The number of nitrogens with zero attached hydrogens (tertiary/aromatic N) is 3. The van der Waals surface area contributed by atoms with Crippen LogP contribution < -0.4 is 5.32 Å². The highest BCUT2D eigenvalue weighted by Gasteiger charge is 2.33. The Balaban J connectivity index is 1.17. The minimum atomic E-state index is -3.55. The van der Waals surface area contributed by atoms with E-state index in [1.165, 1.54) is 27.6 Å². The van der Waals surface area contributed by atoms with Gasteiger partial charge in [-0.2, -0.15) is 4.31 Å². The lowest BCUT2D eigenvalue weighted by Crippen LogP contribution is -2.41. The van der Waals surface area contributed by atoms with Crippen molar-refractivity contribution in [2.24, 2.45) is 5.92 Å². The molecule has 1 saturated heterocycles. The van der Waals surface area contributed by atoms with Crippen molar-refractivity contribution in [3.05, 3.63) is 70.2 Å². The smallest absolute Gasteiger partial charge is 0.243 e. The number of nitrogens with one attached hydrogen (secondary N) is 1. The topological polar surface area (TPSA) is 92.3 Å². The van der Waals surface area contributed by atoms with Crippen LogP contribution in [0.2, 0.25) is 0 Å². The Bertz CT molecular complexity index is 1270. The molecule has 1 fully saturated rings. The van der Waals surface area contributed by atoms with E-state index in [-0.39, 0.29) is 11.8 Å². The number of rotatable bonds is 6. The molecular weight excluding hydrogens is 468 g/mol. The van der Waals surface area contributed by atoms with Gasteiger partial charge < -0.3 is 5.32 Å². The molecule has 34 heavy (non-hydrogen) atoms. The van der Waals surface area contributed by atoms with Gasteiger partial charge in [0.1, 0.15) is 5.01 Å². The van der Waals surface area contributed by atoms with Crippen LogP contribution in [0.5, 0.6) is 0 Å². The summed E-state index contributed by atoms with van der Waals surface area (Å²) in [6, 6.07) is 15.6. The lowest BCUT2D eigenvalue weighted by atomic mass is 9.92. The summed E-state index contributed by atoms with van der Waals surface area (Å²) in [7, 11) is -3.55. The molecule has 0 unspecified atom stereocenters. The minimum Gasteiger partial charge on any atom is -0.300 e. The quantitative estimate of drug-likeness (QED) is 0.556. The van der Waals surface area contributed by atoms with E-state index < -0.39 is 10.0 Å². The lowest BCUT2D eigenvalue weighted by Gasteiger charge is -2.30. The molecule has 1 amide bonds. The Morgan fingerprint density at radius 2 is 1.74 bits per heavy atom. The molecule has 0 bridgehead atoms. The number of hydrogen-bond donors (Lipinski definition) is 1. The Kier molecular flexibility index (Phi) is 6.76. The normalized spacial score (nSPS) is 17.3. The minimum absolute atomic E-state index is 0.117. The number of carbonyl (C=O) groups excluding carboxylic acids is 1. The molecule has 9 heteroatoms. The van der Waals surface area contributed by atoms with Crippen LogP contribution in [0.4, 0.5) is 5.13 Å². The van der Waals surface area contributed by atoms with Crippen molar-refractivity contribution in [1.29, 1.82) is 0 Å². The summed E-state index contributed by atoms with van der Waals surface area (Å²) in [5.41, 5.74) is 3.57. The molecule has 0 radical (unpaired) electrons. The van der Waals surface area contributed by atoms with E-state index in [1.807, 2.05) is 42.5 Å². The highest BCUT2D eigenvalue weighted by Crippen LogP contribution is 2.29. The number of anilines is 1. The van der Waals surface area contributed by atoms with E-state index >= 15 is 0 Å². The third kappa shape index (κ3) is 5.06. The van der Waals surface area contributed by atoms with Gasteiger partial charge in [0.2, 0.25) is 21.1 Å². The second kappa shape index (κ2) is 9.93. The molecule has 1 aliphatic carbocycles. The maximum absolute atomic E-state index is 13.2. The lowest BCUT2D eigenvalue weighted by molar-refractivity contribution is -0.120. The summed E-state index contributed by atoms with van der Waals surface area (Å²) >= 11 is 1.37. The SMILES string of the molecule is O=C(Nc1nnc(Cc2ccccc2)s1)C1CCN(S(=O)(=O)c2ccc3c(c2)CCCC3)CC1. The molecule has 178 valence electrons. The first-order chi connectivity index (χ1) is 16.5. The largest absolute Gasteiger partial charge is 0.300 e. The zero-order valence-electron chi connectivity index (χ0n) is 18.9. The van der Waals surface area contributed by atoms with Gasteiger partial charge in [0, 0.05) is 25.4 Å². The number of fused-ring (bicyclic) bond motifs is 1. The number of carbonyl (C=O) groups is 1. The summed E-state index contributed by atoms with van der Waals surface area (Å²) in [5, 5.41) is 12.5. The molecule has 0 saturated carbocycles. The molecule has 0 spiro atoms. The van der Waals surface area contributed by atoms with Gasteiger partial charge in [-0.1, -0.05) is 47.7 Å². The van der Waals surface area contributed by atoms with Crippen molar-refractivity contribution >= 4 is 32.4 Å². The van der Waals surface area contributed by atoms with Gasteiger partial charge in [-0.25, -0.2) is 8.42 Å². The number of sulfonamides is 1. The van der Waals surface area contributed by atoms with Crippen LogP contribution in [0.15, 0.2) is 53.4 Å². The van der Waals surface area contributed by atoms with Crippen LogP contribution in [0.3, 0.4) is 0 Å². The summed E-state index contributed by atoms with van der Waals surface area (Å²) < 4.78 is 27.9. The molecule has 0 atom stereocenters. The van der Waals surface area contributed by atoms with Crippen LogP contribution in [-0.4, -0.2) is 41.9 Å². The fourth-order valence-corrected chi connectivity index (χ4v) is 7.03. The van der Waals surface area contributed by atoms with E-state index in [2.05, 4.69) is 15.5 Å². The predicted octanol–water partition coefficient (Wildman–Crippen LogP) is 4.05. The highest BCUT2D eigenvalue weighted by atomic mass is 32.2. The molecule has 2 heterocycles. The third-order valence-electron chi connectivity index (χ3n) is 6.68. The summed E-state index contributed by atoms with van der Waals surface area (Å²) in [4.78, 5) is 13.2. The molecule has 2 aliphatic rings. The Morgan fingerprint density at radius 3 is 2.50 bits per heavy atom. The fraction of sp³-hybridized carbons (Fsp3) is 0.400. The molecule has 5 rings (SSSR count). The average molecular weight is 497 g/mol. The second-order valence-corrected chi connectivity index (χ2v) is 12.0. The van der Waals surface area contributed by atoms with Crippen molar-refractivity contribution in [2.75, 3.05) is 18.4 Å². The zero-order valence-corrected chi connectivity index (χ0v) is 20.6. The number of aromatic nitrogens is 2. The number of amides is 1. The van der Waals surface area contributed by atoms with E-state index in [0.29, 0.717) is 42.4 Å². The van der Waals surface area contributed by atoms with Crippen LogP contribution in [0.1, 0.15) is 47.4 Å². The maximum atomic E-state index is 13.2. The van der Waals surface area contributed by atoms with E-state index in [4.69, 9.17) is 0 Å². The molecule has 7 nitrogen and oxygen atoms in total. The Morgan fingerprint density at radius 1 is 1.00 bits per heavy atom. The first-order valence-corrected chi connectivity index (χ1v) is 14.0. The summed E-state index contributed by atoms with van der Waals surface area (Å²) in [6.45, 7) is 0.680. The molecule has 1 aromatic heterocycles. The van der Waals surface area contributed by atoms with Crippen molar-refractivity contribution in [3.8, 4) is 0 Å². The van der Waals surface area contributed by atoms with Gasteiger partial charge in [-0.05, 0) is 67.3 Å². The van der Waals surface area contributed by atoms with E-state index in [1.54, 1.807) is 6.07 Å². The van der Waals surface area contributed by atoms with Gasteiger partial charge in [0.05, 0.1) is 4.90 Å². The Labute approximate surface area is 204 Å². The average Bonchev–Trinajstić information content (AvgIpc) is 3.30. The summed E-state index contributed by atoms with van der Waals surface area (Å²) in [6.07, 6.45) is 5.91. The van der Waals surface area contributed by atoms with E-state index in [9.17, 15) is 13.2 Å².